The third kappa shape index (κ3) is 5.12. The van der Waals surface area contributed by atoms with Gasteiger partial charge < -0.3 is 0 Å². The van der Waals surface area contributed by atoms with Gasteiger partial charge in [0.2, 0.25) is 0 Å². The Morgan fingerprint density at radius 3 is 2.61 bits per heavy atom. The van der Waals surface area contributed by atoms with Gasteiger partial charge in [-0.15, -0.1) is 11.8 Å². The monoisotopic (exact) mass is 262 g/mol. The van der Waals surface area contributed by atoms with Crippen LogP contribution in [0.1, 0.15) is 33.6 Å². The van der Waals surface area contributed by atoms with Gasteiger partial charge in [-0.1, -0.05) is 32.0 Å². The lowest BCUT2D eigenvalue weighted by Crippen LogP contribution is -2.43. The number of nitriles is 1. The van der Waals surface area contributed by atoms with Crippen LogP contribution in [0.5, 0.6) is 0 Å². The molecule has 2 atom stereocenters. The molecule has 0 heterocycles. The minimum Gasteiger partial charge on any atom is -0.300 e. The van der Waals surface area contributed by atoms with Crippen LogP contribution in [0.4, 0.5) is 0 Å². The van der Waals surface area contributed by atoms with E-state index >= 15 is 0 Å². The topological polar surface area (TPSA) is 35.8 Å². The summed E-state index contributed by atoms with van der Waals surface area (Å²) in [5, 5.41) is 13.1. The van der Waals surface area contributed by atoms with Gasteiger partial charge in [0.05, 0.1) is 6.07 Å². The molecule has 1 N–H and O–H groups in total. The Morgan fingerprint density at radius 1 is 1.39 bits per heavy atom. The average Bonchev–Trinajstić information content (AvgIpc) is 2.37. The number of hydrogen-bond donors (Lipinski definition) is 1. The summed E-state index contributed by atoms with van der Waals surface area (Å²) in [4.78, 5) is 1.26. The molecule has 0 radical (unpaired) electrons. The molecule has 0 aliphatic carbocycles. The van der Waals surface area contributed by atoms with E-state index in [-0.39, 0.29) is 0 Å². The van der Waals surface area contributed by atoms with Crippen LogP contribution in [0.2, 0.25) is 0 Å². The van der Waals surface area contributed by atoms with Gasteiger partial charge in [-0.3, -0.25) is 5.32 Å². The zero-order valence-electron chi connectivity index (χ0n) is 11.4. The first-order chi connectivity index (χ1) is 8.59. The summed E-state index contributed by atoms with van der Waals surface area (Å²) in [5.74, 6) is 0. The Hall–Kier alpha value is -0.980. The van der Waals surface area contributed by atoms with Crippen molar-refractivity contribution in [2.45, 2.75) is 49.3 Å². The quantitative estimate of drug-likeness (QED) is 0.758. The summed E-state index contributed by atoms with van der Waals surface area (Å²) in [7, 11) is 0. The molecule has 98 valence electrons. The van der Waals surface area contributed by atoms with E-state index in [2.05, 4.69) is 37.4 Å². The molecule has 0 saturated carbocycles. The fourth-order valence-corrected chi connectivity index (χ4v) is 3.10. The van der Waals surface area contributed by atoms with E-state index in [1.807, 2.05) is 36.9 Å². The number of nitrogens with one attached hydrogen (secondary N) is 1. The van der Waals surface area contributed by atoms with Gasteiger partial charge >= 0.3 is 0 Å². The SMILES string of the molecule is CCCNC(C)(C#N)CC(C)Sc1ccccc1. The summed E-state index contributed by atoms with van der Waals surface area (Å²) in [6.45, 7) is 7.19. The first-order valence-electron chi connectivity index (χ1n) is 6.47. The summed E-state index contributed by atoms with van der Waals surface area (Å²) in [6, 6.07) is 12.8. The van der Waals surface area contributed by atoms with E-state index in [4.69, 9.17) is 0 Å². The number of rotatable bonds is 7. The van der Waals surface area contributed by atoms with E-state index in [1.165, 1.54) is 4.90 Å². The van der Waals surface area contributed by atoms with E-state index in [9.17, 15) is 5.26 Å². The molecule has 0 aliphatic rings. The van der Waals surface area contributed by atoms with Gasteiger partial charge in [0, 0.05) is 10.1 Å². The molecule has 2 unspecified atom stereocenters. The molecule has 1 aromatic rings. The van der Waals surface area contributed by atoms with Crippen LogP contribution in [-0.4, -0.2) is 17.3 Å². The average molecular weight is 262 g/mol. The van der Waals surface area contributed by atoms with Crippen molar-refractivity contribution in [1.29, 1.82) is 5.26 Å². The van der Waals surface area contributed by atoms with Gasteiger partial charge in [-0.05, 0) is 38.4 Å². The predicted octanol–water partition coefficient (Wildman–Crippen LogP) is 3.84. The molecule has 18 heavy (non-hydrogen) atoms. The fourth-order valence-electron chi connectivity index (χ4n) is 1.91. The first kappa shape index (κ1) is 15.1. The van der Waals surface area contributed by atoms with Crippen molar-refractivity contribution in [1.82, 2.24) is 5.32 Å². The van der Waals surface area contributed by atoms with Gasteiger partial charge in [0.25, 0.3) is 0 Å². The Morgan fingerprint density at radius 2 is 2.06 bits per heavy atom. The van der Waals surface area contributed by atoms with E-state index in [0.29, 0.717) is 5.25 Å². The van der Waals surface area contributed by atoms with Crippen LogP contribution in [0.3, 0.4) is 0 Å². The molecule has 0 aliphatic heterocycles. The van der Waals surface area contributed by atoms with E-state index in [1.54, 1.807) is 0 Å². The molecule has 0 saturated heterocycles. The molecule has 0 aromatic heterocycles. The zero-order chi connectivity index (χ0) is 13.4. The molecular formula is C15H22N2S. The second-order valence-electron chi connectivity index (χ2n) is 4.82. The van der Waals surface area contributed by atoms with E-state index < -0.39 is 5.54 Å². The minimum absolute atomic E-state index is 0.418. The fraction of sp³-hybridized carbons (Fsp3) is 0.533. The van der Waals surface area contributed by atoms with Crippen LogP contribution in [0.25, 0.3) is 0 Å². The molecule has 3 heteroatoms. The van der Waals surface area contributed by atoms with Crippen LogP contribution in [-0.2, 0) is 0 Å². The lowest BCUT2D eigenvalue weighted by atomic mass is 9.98. The maximum absolute atomic E-state index is 9.31. The summed E-state index contributed by atoms with van der Waals surface area (Å²) in [6.07, 6.45) is 1.90. The summed E-state index contributed by atoms with van der Waals surface area (Å²) >= 11 is 1.83. The van der Waals surface area contributed by atoms with Crippen molar-refractivity contribution in [2.75, 3.05) is 6.54 Å². The van der Waals surface area contributed by atoms with Gasteiger partial charge in [-0.25, -0.2) is 0 Å². The first-order valence-corrected chi connectivity index (χ1v) is 7.35. The standard InChI is InChI=1S/C15H22N2S/c1-4-10-17-15(3,12-16)11-13(2)18-14-8-6-5-7-9-14/h5-9,13,17H,4,10-11H2,1-3H3. The molecule has 0 bridgehead atoms. The smallest absolute Gasteiger partial charge is 0.104 e. The van der Waals surface area contributed by atoms with Crippen molar-refractivity contribution < 1.29 is 0 Å². The Balaban J connectivity index is 2.52. The predicted molar refractivity (Wildman–Crippen MR) is 78.7 cm³/mol. The molecule has 1 aromatic carbocycles. The molecule has 1 rings (SSSR count). The molecule has 2 nitrogen and oxygen atoms in total. The van der Waals surface area contributed by atoms with Crippen molar-refractivity contribution >= 4 is 11.8 Å². The second-order valence-corrected chi connectivity index (χ2v) is 6.33. The lowest BCUT2D eigenvalue weighted by molar-refractivity contribution is 0.418. The third-order valence-electron chi connectivity index (χ3n) is 2.79. The number of hydrogen-bond acceptors (Lipinski definition) is 3. The Bertz CT molecular complexity index is 385. The molecule has 0 amide bonds. The number of thioether (sulfide) groups is 1. The van der Waals surface area contributed by atoms with Gasteiger partial charge in [-0.2, -0.15) is 5.26 Å². The minimum atomic E-state index is -0.419. The second kappa shape index (κ2) is 7.45. The molecular weight excluding hydrogens is 240 g/mol. The van der Waals surface area contributed by atoms with Gasteiger partial charge in [0.15, 0.2) is 0 Å². The highest BCUT2D eigenvalue weighted by Crippen LogP contribution is 2.28. The molecule has 0 spiro atoms. The molecule has 0 fully saturated rings. The van der Waals surface area contributed by atoms with Crippen molar-refractivity contribution in [2.24, 2.45) is 0 Å². The highest BCUT2D eigenvalue weighted by molar-refractivity contribution is 7.99. The van der Waals surface area contributed by atoms with Crippen molar-refractivity contribution in [3.63, 3.8) is 0 Å². The third-order valence-corrected chi connectivity index (χ3v) is 3.90. The lowest BCUT2D eigenvalue weighted by Gasteiger charge is -2.26. The van der Waals surface area contributed by atoms with E-state index in [0.717, 1.165) is 19.4 Å². The number of nitrogens with zero attached hydrogens (tertiary/aromatic N) is 1. The maximum Gasteiger partial charge on any atom is 0.104 e. The summed E-state index contributed by atoms with van der Waals surface area (Å²) < 4.78 is 0. The highest BCUT2D eigenvalue weighted by atomic mass is 32.2. The maximum atomic E-state index is 9.31. The van der Waals surface area contributed by atoms with Crippen LogP contribution >= 0.6 is 11.8 Å². The zero-order valence-corrected chi connectivity index (χ0v) is 12.3. The van der Waals surface area contributed by atoms with Crippen molar-refractivity contribution in [3.05, 3.63) is 30.3 Å². The highest BCUT2D eigenvalue weighted by Gasteiger charge is 2.25. The Labute approximate surface area is 115 Å². The largest absolute Gasteiger partial charge is 0.300 e. The van der Waals surface area contributed by atoms with Gasteiger partial charge in [0.1, 0.15) is 5.54 Å². The van der Waals surface area contributed by atoms with Crippen LogP contribution < -0.4 is 5.32 Å². The van der Waals surface area contributed by atoms with Crippen LogP contribution in [0, 0.1) is 11.3 Å². The number of benzene rings is 1. The Kier molecular flexibility index (Phi) is 6.24. The van der Waals surface area contributed by atoms with Crippen LogP contribution in [0.15, 0.2) is 35.2 Å². The normalized spacial score (nSPS) is 15.7. The summed E-state index contributed by atoms with van der Waals surface area (Å²) in [5.41, 5.74) is -0.419. The van der Waals surface area contributed by atoms with Crippen molar-refractivity contribution in [3.8, 4) is 6.07 Å².